The van der Waals surface area contributed by atoms with Gasteiger partial charge in [0.2, 0.25) is 0 Å². The van der Waals surface area contributed by atoms with Crippen LogP contribution < -0.4 is 5.32 Å². The SMILES string of the molecule is CC(CBr)C(C)NC(=O)c1cccc(F)c1Br. The molecule has 1 rings (SSSR count). The van der Waals surface area contributed by atoms with Gasteiger partial charge in [-0.15, -0.1) is 0 Å². The standard InChI is InChI=1S/C12H14Br2FNO/c1-7(6-13)8(2)16-12(17)9-4-3-5-10(15)11(9)14/h3-5,7-8H,6H2,1-2H3,(H,16,17). The van der Waals surface area contributed by atoms with E-state index in [1.807, 2.05) is 13.8 Å². The van der Waals surface area contributed by atoms with Gasteiger partial charge < -0.3 is 5.32 Å². The normalized spacial score (nSPS) is 14.2. The number of carbonyl (C=O) groups is 1. The quantitative estimate of drug-likeness (QED) is 0.808. The number of nitrogens with one attached hydrogen (secondary N) is 1. The van der Waals surface area contributed by atoms with Crippen molar-refractivity contribution in [2.75, 3.05) is 5.33 Å². The van der Waals surface area contributed by atoms with Gasteiger partial charge in [0.05, 0.1) is 10.0 Å². The van der Waals surface area contributed by atoms with E-state index >= 15 is 0 Å². The Hall–Kier alpha value is -0.420. The molecule has 2 atom stereocenters. The zero-order valence-electron chi connectivity index (χ0n) is 9.64. The van der Waals surface area contributed by atoms with Crippen molar-refractivity contribution in [1.29, 1.82) is 0 Å². The third kappa shape index (κ3) is 3.78. The summed E-state index contributed by atoms with van der Waals surface area (Å²) in [7, 11) is 0. The molecule has 1 aromatic rings. The summed E-state index contributed by atoms with van der Waals surface area (Å²) in [5, 5.41) is 3.65. The molecule has 0 saturated heterocycles. The monoisotopic (exact) mass is 365 g/mol. The topological polar surface area (TPSA) is 29.1 Å². The van der Waals surface area contributed by atoms with Crippen molar-refractivity contribution in [1.82, 2.24) is 5.32 Å². The smallest absolute Gasteiger partial charge is 0.252 e. The molecule has 0 radical (unpaired) electrons. The minimum Gasteiger partial charge on any atom is -0.349 e. The summed E-state index contributed by atoms with van der Waals surface area (Å²) in [5.41, 5.74) is 0.318. The van der Waals surface area contributed by atoms with Gasteiger partial charge in [0.15, 0.2) is 0 Å². The van der Waals surface area contributed by atoms with Crippen molar-refractivity contribution in [3.63, 3.8) is 0 Å². The van der Waals surface area contributed by atoms with Gasteiger partial charge >= 0.3 is 0 Å². The van der Waals surface area contributed by atoms with E-state index in [-0.39, 0.29) is 16.4 Å². The molecule has 0 saturated carbocycles. The first-order chi connectivity index (χ1) is 7.97. The average molecular weight is 367 g/mol. The minimum atomic E-state index is -0.432. The fraction of sp³-hybridized carbons (Fsp3) is 0.417. The Labute approximate surface area is 117 Å². The molecule has 94 valence electrons. The Morgan fingerprint density at radius 3 is 2.71 bits per heavy atom. The van der Waals surface area contributed by atoms with Crippen LogP contribution in [0.1, 0.15) is 24.2 Å². The van der Waals surface area contributed by atoms with Crippen molar-refractivity contribution in [3.05, 3.63) is 34.1 Å². The molecule has 1 aromatic carbocycles. The molecule has 0 heterocycles. The van der Waals surface area contributed by atoms with Crippen LogP contribution in [0.5, 0.6) is 0 Å². The van der Waals surface area contributed by atoms with Gasteiger partial charge in [-0.3, -0.25) is 4.79 Å². The molecule has 0 aliphatic heterocycles. The van der Waals surface area contributed by atoms with Crippen LogP contribution in [0, 0.1) is 11.7 Å². The van der Waals surface area contributed by atoms with Crippen LogP contribution in [0.25, 0.3) is 0 Å². The Balaban J connectivity index is 2.80. The summed E-state index contributed by atoms with van der Waals surface area (Å²) in [6.07, 6.45) is 0. The van der Waals surface area contributed by atoms with E-state index in [4.69, 9.17) is 0 Å². The summed E-state index contributed by atoms with van der Waals surface area (Å²) in [5.74, 6) is -0.387. The molecule has 0 fully saturated rings. The lowest BCUT2D eigenvalue weighted by molar-refractivity contribution is 0.0930. The number of rotatable bonds is 4. The number of halogens is 3. The highest BCUT2D eigenvalue weighted by Gasteiger charge is 2.17. The largest absolute Gasteiger partial charge is 0.349 e. The summed E-state index contributed by atoms with van der Waals surface area (Å²) in [6.45, 7) is 3.96. The molecule has 0 aliphatic carbocycles. The lowest BCUT2D eigenvalue weighted by atomic mass is 10.1. The van der Waals surface area contributed by atoms with Crippen LogP contribution in [0.4, 0.5) is 4.39 Å². The summed E-state index contributed by atoms with van der Waals surface area (Å²) in [6, 6.07) is 4.45. The summed E-state index contributed by atoms with van der Waals surface area (Å²) < 4.78 is 13.5. The second kappa shape index (κ2) is 6.50. The van der Waals surface area contributed by atoms with Crippen molar-refractivity contribution >= 4 is 37.8 Å². The average Bonchev–Trinajstić information content (AvgIpc) is 2.31. The second-order valence-corrected chi connectivity index (χ2v) is 5.44. The lowest BCUT2D eigenvalue weighted by Gasteiger charge is -2.19. The van der Waals surface area contributed by atoms with E-state index in [0.29, 0.717) is 11.5 Å². The first-order valence-corrected chi connectivity index (χ1v) is 7.19. The first-order valence-electron chi connectivity index (χ1n) is 5.28. The Kier molecular flexibility index (Phi) is 5.59. The van der Waals surface area contributed by atoms with Crippen molar-refractivity contribution in [2.24, 2.45) is 5.92 Å². The zero-order valence-corrected chi connectivity index (χ0v) is 12.8. The maximum atomic E-state index is 13.3. The summed E-state index contributed by atoms with van der Waals surface area (Å²) >= 11 is 6.45. The van der Waals surface area contributed by atoms with E-state index in [1.54, 1.807) is 6.07 Å². The van der Waals surface area contributed by atoms with Gasteiger partial charge in [-0.2, -0.15) is 0 Å². The molecular formula is C12H14Br2FNO. The van der Waals surface area contributed by atoms with Gasteiger partial charge in [-0.1, -0.05) is 28.9 Å². The van der Waals surface area contributed by atoms with Crippen molar-refractivity contribution in [3.8, 4) is 0 Å². The number of benzene rings is 1. The fourth-order valence-electron chi connectivity index (χ4n) is 1.24. The van der Waals surface area contributed by atoms with Crippen LogP contribution in [-0.2, 0) is 0 Å². The maximum absolute atomic E-state index is 13.3. The van der Waals surface area contributed by atoms with Crippen LogP contribution in [-0.4, -0.2) is 17.3 Å². The molecule has 1 amide bonds. The third-order valence-corrected chi connectivity index (χ3v) is 4.48. The number of amides is 1. The zero-order chi connectivity index (χ0) is 13.0. The molecule has 0 bridgehead atoms. The van der Waals surface area contributed by atoms with Crippen LogP contribution >= 0.6 is 31.9 Å². The molecule has 5 heteroatoms. The predicted molar refractivity (Wildman–Crippen MR) is 74.0 cm³/mol. The van der Waals surface area contributed by atoms with Crippen LogP contribution in [0.2, 0.25) is 0 Å². The first kappa shape index (κ1) is 14.6. The van der Waals surface area contributed by atoms with E-state index in [1.165, 1.54) is 12.1 Å². The maximum Gasteiger partial charge on any atom is 0.252 e. The van der Waals surface area contributed by atoms with Crippen LogP contribution in [0.3, 0.4) is 0 Å². The van der Waals surface area contributed by atoms with Crippen molar-refractivity contribution < 1.29 is 9.18 Å². The van der Waals surface area contributed by atoms with E-state index in [9.17, 15) is 9.18 Å². The molecule has 17 heavy (non-hydrogen) atoms. The second-order valence-electron chi connectivity index (χ2n) is 4.00. The summed E-state index contributed by atoms with van der Waals surface area (Å²) in [4.78, 5) is 11.9. The Morgan fingerprint density at radius 1 is 1.47 bits per heavy atom. The molecule has 0 aliphatic rings. The molecule has 0 spiro atoms. The van der Waals surface area contributed by atoms with E-state index in [2.05, 4.69) is 37.2 Å². The number of alkyl halides is 1. The van der Waals surface area contributed by atoms with Crippen molar-refractivity contribution in [2.45, 2.75) is 19.9 Å². The Bertz CT molecular complexity index is 411. The van der Waals surface area contributed by atoms with Gasteiger partial charge in [0.25, 0.3) is 5.91 Å². The molecular weight excluding hydrogens is 353 g/mol. The Morgan fingerprint density at radius 2 is 2.12 bits per heavy atom. The molecule has 2 nitrogen and oxygen atoms in total. The third-order valence-electron chi connectivity index (χ3n) is 2.65. The van der Waals surface area contributed by atoms with E-state index < -0.39 is 5.82 Å². The highest BCUT2D eigenvalue weighted by molar-refractivity contribution is 9.10. The van der Waals surface area contributed by atoms with Gasteiger partial charge in [-0.25, -0.2) is 4.39 Å². The van der Waals surface area contributed by atoms with Gasteiger partial charge in [0.1, 0.15) is 5.82 Å². The number of hydrogen-bond donors (Lipinski definition) is 1. The highest BCUT2D eigenvalue weighted by Crippen LogP contribution is 2.20. The van der Waals surface area contributed by atoms with Crippen LogP contribution in [0.15, 0.2) is 22.7 Å². The minimum absolute atomic E-state index is 0.0250. The molecule has 0 aromatic heterocycles. The molecule has 1 N–H and O–H groups in total. The lowest BCUT2D eigenvalue weighted by Crippen LogP contribution is -2.37. The van der Waals surface area contributed by atoms with Gasteiger partial charge in [0, 0.05) is 11.4 Å². The number of hydrogen-bond acceptors (Lipinski definition) is 1. The fourth-order valence-corrected chi connectivity index (χ4v) is 2.24. The molecule has 2 unspecified atom stereocenters. The van der Waals surface area contributed by atoms with E-state index in [0.717, 1.165) is 5.33 Å². The predicted octanol–water partition coefficient (Wildman–Crippen LogP) is 3.74. The van der Waals surface area contributed by atoms with Gasteiger partial charge in [-0.05, 0) is 40.9 Å². The number of carbonyl (C=O) groups excluding carboxylic acids is 1. The highest BCUT2D eigenvalue weighted by atomic mass is 79.9.